The van der Waals surface area contributed by atoms with E-state index in [-0.39, 0.29) is 0 Å². The minimum Gasteiger partial charge on any atom is -0.418 e. The Morgan fingerprint density at radius 2 is 1.57 bits per heavy atom. The Labute approximate surface area is 80.7 Å². The van der Waals surface area contributed by atoms with Gasteiger partial charge in [-0.25, -0.2) is 0 Å². The molecule has 1 aliphatic heterocycles. The van der Waals surface area contributed by atoms with Crippen molar-refractivity contribution in [3.63, 3.8) is 0 Å². The molecule has 1 fully saturated rings. The lowest BCUT2D eigenvalue weighted by molar-refractivity contribution is 0.247. The third-order valence-electron chi connectivity index (χ3n) is 1.65. The first-order chi connectivity index (χ1) is 6.43. The van der Waals surface area contributed by atoms with Crippen molar-refractivity contribution in [1.82, 2.24) is 10.2 Å². The molecule has 1 saturated heterocycles. The van der Waals surface area contributed by atoms with E-state index < -0.39 is 7.25 Å². The zero-order chi connectivity index (χ0) is 11.0. The first kappa shape index (κ1) is 13.7. The Morgan fingerprint density at radius 3 is 1.93 bits per heavy atom. The summed E-state index contributed by atoms with van der Waals surface area (Å²) in [6, 6.07) is 0. The molecular formula is C6H15BF4N3-. The van der Waals surface area contributed by atoms with Crippen LogP contribution in [0.3, 0.4) is 0 Å². The molecular weight excluding hydrogens is 201 g/mol. The molecule has 0 saturated carbocycles. The van der Waals surface area contributed by atoms with Crippen LogP contribution in [0.25, 0.3) is 0 Å². The Bertz CT molecular complexity index is 129. The number of halogens is 4. The lowest BCUT2D eigenvalue weighted by Crippen LogP contribution is -2.45. The van der Waals surface area contributed by atoms with Crippen LogP contribution in [0.1, 0.15) is 0 Å². The summed E-state index contributed by atoms with van der Waals surface area (Å²) in [4.78, 5) is 2.39. The van der Waals surface area contributed by atoms with Crippen molar-refractivity contribution in [1.29, 1.82) is 0 Å². The van der Waals surface area contributed by atoms with Crippen LogP contribution in [-0.4, -0.2) is 51.4 Å². The fourth-order valence-corrected chi connectivity index (χ4v) is 1.12. The Morgan fingerprint density at radius 1 is 1.14 bits per heavy atom. The molecule has 3 N–H and O–H groups in total. The molecule has 3 nitrogen and oxygen atoms in total. The first-order valence-electron chi connectivity index (χ1n) is 4.44. The van der Waals surface area contributed by atoms with Crippen molar-refractivity contribution in [3.8, 4) is 0 Å². The van der Waals surface area contributed by atoms with E-state index in [2.05, 4.69) is 10.2 Å². The van der Waals surface area contributed by atoms with Gasteiger partial charge in [0.1, 0.15) is 0 Å². The summed E-state index contributed by atoms with van der Waals surface area (Å²) < 4.78 is 39.0. The minimum atomic E-state index is -6.00. The van der Waals surface area contributed by atoms with E-state index >= 15 is 0 Å². The van der Waals surface area contributed by atoms with Crippen LogP contribution in [0.2, 0.25) is 0 Å². The van der Waals surface area contributed by atoms with E-state index in [1.807, 2.05) is 0 Å². The van der Waals surface area contributed by atoms with Gasteiger partial charge in [-0.2, -0.15) is 0 Å². The summed E-state index contributed by atoms with van der Waals surface area (Å²) >= 11 is 0. The maximum atomic E-state index is 9.75. The summed E-state index contributed by atoms with van der Waals surface area (Å²) in [6.07, 6.45) is 0. The largest absolute Gasteiger partial charge is 0.673 e. The number of nitrogens with one attached hydrogen (secondary N) is 1. The zero-order valence-corrected chi connectivity index (χ0v) is 7.86. The first-order valence-corrected chi connectivity index (χ1v) is 4.44. The van der Waals surface area contributed by atoms with Gasteiger partial charge in [0.15, 0.2) is 0 Å². The SMILES string of the molecule is F[B-](F)(F)F.NCCN1CCNCC1. The van der Waals surface area contributed by atoms with E-state index in [1.54, 1.807) is 0 Å². The Hall–Kier alpha value is -0.335. The van der Waals surface area contributed by atoms with E-state index in [0.717, 1.165) is 39.3 Å². The fraction of sp³-hybridized carbons (Fsp3) is 1.00. The van der Waals surface area contributed by atoms with Crippen molar-refractivity contribution in [3.05, 3.63) is 0 Å². The number of nitrogens with two attached hydrogens (primary N) is 1. The summed E-state index contributed by atoms with van der Waals surface area (Å²) in [7, 11) is -6.00. The van der Waals surface area contributed by atoms with Gasteiger partial charge < -0.3 is 28.3 Å². The van der Waals surface area contributed by atoms with Gasteiger partial charge in [0.05, 0.1) is 0 Å². The van der Waals surface area contributed by atoms with Crippen molar-refractivity contribution in [2.75, 3.05) is 39.3 Å². The molecule has 0 atom stereocenters. The number of piperazine rings is 1. The summed E-state index contributed by atoms with van der Waals surface area (Å²) in [6.45, 7) is 6.43. The van der Waals surface area contributed by atoms with Crippen LogP contribution in [0, 0.1) is 0 Å². The monoisotopic (exact) mass is 216 g/mol. The Balaban J connectivity index is 0.000000292. The molecule has 14 heavy (non-hydrogen) atoms. The lowest BCUT2D eigenvalue weighted by Gasteiger charge is -2.26. The van der Waals surface area contributed by atoms with Crippen molar-refractivity contribution in [2.45, 2.75) is 0 Å². The maximum Gasteiger partial charge on any atom is 0.673 e. The van der Waals surface area contributed by atoms with Gasteiger partial charge in [-0.05, 0) is 0 Å². The highest BCUT2D eigenvalue weighted by Crippen LogP contribution is 2.06. The molecule has 0 bridgehead atoms. The smallest absolute Gasteiger partial charge is 0.418 e. The molecule has 0 aromatic carbocycles. The van der Waals surface area contributed by atoms with Gasteiger partial charge in [0.25, 0.3) is 0 Å². The molecule has 86 valence electrons. The highest BCUT2D eigenvalue weighted by molar-refractivity contribution is 6.50. The van der Waals surface area contributed by atoms with Crippen molar-refractivity contribution >= 4 is 7.25 Å². The topological polar surface area (TPSA) is 41.3 Å². The molecule has 8 heteroatoms. The van der Waals surface area contributed by atoms with E-state index in [9.17, 15) is 17.3 Å². The maximum absolute atomic E-state index is 9.75. The average molecular weight is 216 g/mol. The molecule has 1 aliphatic rings. The highest BCUT2D eigenvalue weighted by Gasteiger charge is 2.20. The van der Waals surface area contributed by atoms with E-state index in [0.29, 0.717) is 0 Å². The second-order valence-electron chi connectivity index (χ2n) is 2.88. The number of nitrogens with zero attached hydrogens (tertiary/aromatic N) is 1. The number of rotatable bonds is 2. The normalized spacial score (nSPS) is 18.6. The molecule has 0 radical (unpaired) electrons. The van der Waals surface area contributed by atoms with Crippen LogP contribution in [0.5, 0.6) is 0 Å². The second-order valence-corrected chi connectivity index (χ2v) is 2.88. The number of hydrogen-bond donors (Lipinski definition) is 2. The average Bonchev–Trinajstić information content (AvgIpc) is 2.03. The third-order valence-corrected chi connectivity index (χ3v) is 1.65. The van der Waals surface area contributed by atoms with Gasteiger partial charge in [-0.1, -0.05) is 0 Å². The van der Waals surface area contributed by atoms with Gasteiger partial charge >= 0.3 is 7.25 Å². The molecule has 0 aromatic rings. The molecule has 1 heterocycles. The zero-order valence-electron chi connectivity index (χ0n) is 7.86. The number of hydrogen-bond acceptors (Lipinski definition) is 3. The third kappa shape index (κ3) is 11.7. The molecule has 0 aliphatic carbocycles. The van der Waals surface area contributed by atoms with Crippen molar-refractivity contribution < 1.29 is 17.3 Å². The molecule has 0 aromatic heterocycles. The minimum absolute atomic E-state index is 0.792. The van der Waals surface area contributed by atoms with Crippen LogP contribution in [0.4, 0.5) is 17.3 Å². The molecule has 0 amide bonds. The van der Waals surface area contributed by atoms with Crippen LogP contribution >= 0.6 is 0 Å². The van der Waals surface area contributed by atoms with E-state index in [4.69, 9.17) is 5.73 Å². The predicted octanol–water partition coefficient (Wildman–Crippen LogP) is 0.150. The standard InChI is InChI=1S/C6H15N3.BF4/c7-1-4-9-5-2-8-3-6-9;2-1(3,4)5/h8H,1-7H2;/q;-1. The quantitative estimate of drug-likeness (QED) is 0.510. The predicted molar refractivity (Wildman–Crippen MR) is 48.6 cm³/mol. The van der Waals surface area contributed by atoms with Crippen molar-refractivity contribution in [2.24, 2.45) is 5.73 Å². The summed E-state index contributed by atoms with van der Waals surface area (Å²) in [5.41, 5.74) is 5.40. The molecule has 0 unspecified atom stereocenters. The van der Waals surface area contributed by atoms with Crippen LogP contribution < -0.4 is 11.1 Å². The second kappa shape index (κ2) is 7.02. The Kier molecular flexibility index (Phi) is 6.85. The summed E-state index contributed by atoms with van der Waals surface area (Å²) in [5.74, 6) is 0. The van der Waals surface area contributed by atoms with E-state index in [1.165, 1.54) is 0 Å². The lowest BCUT2D eigenvalue weighted by atomic mass is 10.3. The van der Waals surface area contributed by atoms with Gasteiger partial charge in [-0.3, -0.25) is 4.90 Å². The van der Waals surface area contributed by atoms with Gasteiger partial charge in [0.2, 0.25) is 0 Å². The summed E-state index contributed by atoms with van der Waals surface area (Å²) in [5, 5.41) is 3.29. The van der Waals surface area contributed by atoms with Crippen LogP contribution in [-0.2, 0) is 0 Å². The molecule has 0 spiro atoms. The van der Waals surface area contributed by atoms with Gasteiger partial charge in [0, 0.05) is 39.3 Å². The fourth-order valence-electron chi connectivity index (χ4n) is 1.12. The highest BCUT2D eigenvalue weighted by atomic mass is 19.5. The van der Waals surface area contributed by atoms with Gasteiger partial charge in [-0.15, -0.1) is 0 Å². The molecule has 1 rings (SSSR count). The van der Waals surface area contributed by atoms with Crippen LogP contribution in [0.15, 0.2) is 0 Å².